The minimum atomic E-state index is 0.570. The maximum Gasteiger partial charge on any atom is 0.145 e. The minimum absolute atomic E-state index is 0.570. The van der Waals surface area contributed by atoms with Gasteiger partial charge in [-0.15, -0.1) is 0 Å². The minimum Gasteiger partial charge on any atom is -0.494 e. The van der Waals surface area contributed by atoms with Crippen LogP contribution in [-0.2, 0) is 7.05 Å². The van der Waals surface area contributed by atoms with Gasteiger partial charge >= 0.3 is 0 Å². The van der Waals surface area contributed by atoms with Gasteiger partial charge in [0.2, 0.25) is 0 Å². The molecule has 3 rings (SSSR count). The highest BCUT2D eigenvalue weighted by molar-refractivity contribution is 5.59. The first kappa shape index (κ1) is 13.9. The maximum atomic E-state index is 5.84. The van der Waals surface area contributed by atoms with E-state index in [1.165, 1.54) is 0 Å². The van der Waals surface area contributed by atoms with Crippen molar-refractivity contribution in [3.63, 3.8) is 0 Å². The number of nitrogens with zero attached hydrogens (tertiary/aromatic N) is 3. The van der Waals surface area contributed by atoms with Crippen molar-refractivity contribution in [3.8, 4) is 28.5 Å². The van der Waals surface area contributed by atoms with E-state index in [2.05, 4.69) is 10.1 Å². The predicted octanol–water partition coefficient (Wildman–Crippen LogP) is 2.87. The number of nitrogens with two attached hydrogens (primary N) is 1. The largest absolute Gasteiger partial charge is 0.494 e. The van der Waals surface area contributed by atoms with E-state index < -0.39 is 0 Å². The molecule has 1 aromatic carbocycles. The molecule has 0 radical (unpaired) electrons. The molecule has 6 nitrogen and oxygen atoms in total. The Labute approximate surface area is 128 Å². The Balaban J connectivity index is 1.87. The van der Waals surface area contributed by atoms with Crippen molar-refractivity contribution < 1.29 is 9.47 Å². The number of rotatable bonds is 4. The van der Waals surface area contributed by atoms with Crippen LogP contribution in [0, 0.1) is 0 Å². The summed E-state index contributed by atoms with van der Waals surface area (Å²) in [6, 6.07) is 8.95. The van der Waals surface area contributed by atoms with Gasteiger partial charge in [0.05, 0.1) is 24.7 Å². The van der Waals surface area contributed by atoms with Crippen LogP contribution in [0.4, 0.5) is 5.69 Å². The molecule has 112 valence electrons. The van der Waals surface area contributed by atoms with E-state index in [4.69, 9.17) is 15.2 Å². The summed E-state index contributed by atoms with van der Waals surface area (Å²) in [5.41, 5.74) is 8.10. The zero-order valence-electron chi connectivity index (χ0n) is 12.4. The molecule has 6 heteroatoms. The lowest BCUT2D eigenvalue weighted by Gasteiger charge is -2.09. The first-order chi connectivity index (χ1) is 10.7. The van der Waals surface area contributed by atoms with Crippen molar-refractivity contribution in [2.24, 2.45) is 7.05 Å². The van der Waals surface area contributed by atoms with Gasteiger partial charge in [-0.2, -0.15) is 5.10 Å². The lowest BCUT2D eigenvalue weighted by atomic mass is 10.2. The topological polar surface area (TPSA) is 75.2 Å². The van der Waals surface area contributed by atoms with Crippen molar-refractivity contribution in [2.75, 3.05) is 12.8 Å². The average Bonchev–Trinajstić information content (AvgIpc) is 2.96. The summed E-state index contributed by atoms with van der Waals surface area (Å²) in [4.78, 5) is 4.33. The number of hydrogen-bond acceptors (Lipinski definition) is 5. The smallest absolute Gasteiger partial charge is 0.145 e. The highest BCUT2D eigenvalue weighted by atomic mass is 16.5. The van der Waals surface area contributed by atoms with Crippen molar-refractivity contribution >= 4 is 5.69 Å². The number of nitrogen functional groups attached to an aromatic ring is 1. The van der Waals surface area contributed by atoms with Crippen molar-refractivity contribution in [2.45, 2.75) is 0 Å². The zero-order valence-corrected chi connectivity index (χ0v) is 12.4. The number of benzene rings is 1. The standard InChI is InChI=1S/C16H16N4O2/c1-20-10-11(9-19-20)15-7-13(5-6-18-15)22-12-3-4-14(17)16(8-12)21-2/h3-10H,17H2,1-2H3. The molecule has 0 amide bonds. The van der Waals surface area contributed by atoms with Crippen molar-refractivity contribution in [3.05, 3.63) is 48.9 Å². The molecule has 0 aliphatic heterocycles. The molecule has 2 heterocycles. The Bertz CT molecular complexity index is 798. The third-order valence-corrected chi connectivity index (χ3v) is 3.17. The molecular formula is C16H16N4O2. The molecule has 3 aromatic rings. The van der Waals surface area contributed by atoms with Crippen LogP contribution in [0.5, 0.6) is 17.2 Å². The average molecular weight is 296 g/mol. The van der Waals surface area contributed by atoms with Gasteiger partial charge in [0, 0.05) is 37.1 Å². The normalized spacial score (nSPS) is 10.5. The van der Waals surface area contributed by atoms with E-state index in [0.717, 1.165) is 11.3 Å². The van der Waals surface area contributed by atoms with Gasteiger partial charge in [-0.1, -0.05) is 0 Å². The Hall–Kier alpha value is -3.02. The third kappa shape index (κ3) is 2.85. The number of aromatic nitrogens is 3. The highest BCUT2D eigenvalue weighted by Gasteiger charge is 2.06. The molecule has 2 N–H and O–H groups in total. The maximum absolute atomic E-state index is 5.84. The molecular weight excluding hydrogens is 280 g/mol. The molecule has 0 saturated carbocycles. The quantitative estimate of drug-likeness (QED) is 0.749. The van der Waals surface area contributed by atoms with Gasteiger partial charge in [-0.05, 0) is 18.2 Å². The first-order valence-electron chi connectivity index (χ1n) is 6.72. The summed E-state index contributed by atoms with van der Waals surface area (Å²) in [5, 5.41) is 4.14. The van der Waals surface area contributed by atoms with Crippen LogP contribution in [-0.4, -0.2) is 21.9 Å². The summed E-state index contributed by atoms with van der Waals surface area (Å²) < 4.78 is 12.8. The Morgan fingerprint density at radius 2 is 1.95 bits per heavy atom. The second-order valence-electron chi connectivity index (χ2n) is 4.79. The summed E-state index contributed by atoms with van der Waals surface area (Å²) >= 11 is 0. The molecule has 0 aliphatic carbocycles. The number of anilines is 1. The van der Waals surface area contributed by atoms with Crippen LogP contribution in [0.1, 0.15) is 0 Å². The SMILES string of the molecule is COc1cc(Oc2ccnc(-c3cnn(C)c3)c2)ccc1N. The Morgan fingerprint density at radius 3 is 2.68 bits per heavy atom. The first-order valence-corrected chi connectivity index (χ1v) is 6.72. The van der Waals surface area contributed by atoms with Crippen LogP contribution in [0.15, 0.2) is 48.9 Å². The van der Waals surface area contributed by atoms with Gasteiger partial charge in [-0.25, -0.2) is 0 Å². The van der Waals surface area contributed by atoms with E-state index >= 15 is 0 Å². The predicted molar refractivity (Wildman–Crippen MR) is 83.9 cm³/mol. The molecule has 22 heavy (non-hydrogen) atoms. The Morgan fingerprint density at radius 1 is 1.14 bits per heavy atom. The number of pyridine rings is 1. The summed E-state index contributed by atoms with van der Waals surface area (Å²) in [6.45, 7) is 0. The van der Waals surface area contributed by atoms with Gasteiger partial charge in [0.1, 0.15) is 17.2 Å². The van der Waals surface area contributed by atoms with Crippen LogP contribution < -0.4 is 15.2 Å². The molecule has 0 spiro atoms. The number of hydrogen-bond donors (Lipinski definition) is 1. The molecule has 0 atom stereocenters. The molecule has 0 saturated heterocycles. The van der Waals surface area contributed by atoms with Crippen molar-refractivity contribution in [1.82, 2.24) is 14.8 Å². The van der Waals surface area contributed by atoms with E-state index in [9.17, 15) is 0 Å². The molecule has 0 fully saturated rings. The van der Waals surface area contributed by atoms with E-state index in [1.54, 1.807) is 48.5 Å². The monoisotopic (exact) mass is 296 g/mol. The second-order valence-corrected chi connectivity index (χ2v) is 4.79. The lowest BCUT2D eigenvalue weighted by molar-refractivity contribution is 0.411. The molecule has 0 bridgehead atoms. The number of ether oxygens (including phenoxy) is 2. The van der Waals surface area contributed by atoms with Crippen LogP contribution in [0.3, 0.4) is 0 Å². The highest BCUT2D eigenvalue weighted by Crippen LogP contribution is 2.30. The number of methoxy groups -OCH3 is 1. The lowest BCUT2D eigenvalue weighted by Crippen LogP contribution is -1.93. The number of aryl methyl sites for hydroxylation is 1. The van der Waals surface area contributed by atoms with E-state index in [0.29, 0.717) is 22.9 Å². The third-order valence-electron chi connectivity index (χ3n) is 3.17. The molecule has 2 aromatic heterocycles. The summed E-state index contributed by atoms with van der Waals surface area (Å²) in [5.74, 6) is 1.91. The van der Waals surface area contributed by atoms with E-state index in [1.807, 2.05) is 19.3 Å². The van der Waals surface area contributed by atoms with Crippen LogP contribution >= 0.6 is 0 Å². The zero-order chi connectivity index (χ0) is 15.5. The van der Waals surface area contributed by atoms with Crippen LogP contribution in [0.2, 0.25) is 0 Å². The fourth-order valence-corrected chi connectivity index (χ4v) is 2.08. The summed E-state index contributed by atoms with van der Waals surface area (Å²) in [7, 11) is 3.44. The van der Waals surface area contributed by atoms with E-state index in [-0.39, 0.29) is 0 Å². The summed E-state index contributed by atoms with van der Waals surface area (Å²) in [6.07, 6.45) is 5.36. The second kappa shape index (κ2) is 5.77. The fraction of sp³-hybridized carbons (Fsp3) is 0.125. The molecule has 0 aliphatic rings. The van der Waals surface area contributed by atoms with Crippen molar-refractivity contribution in [1.29, 1.82) is 0 Å². The van der Waals surface area contributed by atoms with Gasteiger partial charge in [-0.3, -0.25) is 9.67 Å². The van der Waals surface area contributed by atoms with Gasteiger partial charge in [0.25, 0.3) is 0 Å². The van der Waals surface area contributed by atoms with Gasteiger partial charge < -0.3 is 15.2 Å². The fourth-order valence-electron chi connectivity index (χ4n) is 2.08. The van der Waals surface area contributed by atoms with Crippen LogP contribution in [0.25, 0.3) is 11.3 Å². The van der Waals surface area contributed by atoms with Gasteiger partial charge in [0.15, 0.2) is 0 Å². The molecule has 0 unspecified atom stereocenters. The Kier molecular flexibility index (Phi) is 3.65.